The molecular weight excluding hydrogens is 389 g/mol. The first-order chi connectivity index (χ1) is 9.72. The van der Waals surface area contributed by atoms with Gasteiger partial charge in [-0.1, -0.05) is 0 Å². The summed E-state index contributed by atoms with van der Waals surface area (Å²) in [4.78, 5) is 9.00. The Morgan fingerprint density at radius 2 is 1.90 bits per heavy atom. The average molecular weight is 400 g/mol. The number of pyridine rings is 1. The van der Waals surface area contributed by atoms with Crippen molar-refractivity contribution < 1.29 is 4.74 Å². The van der Waals surface area contributed by atoms with E-state index >= 15 is 0 Å². The Kier molecular flexibility index (Phi) is 3.80. The Morgan fingerprint density at radius 3 is 2.55 bits per heavy atom. The van der Waals surface area contributed by atoms with Crippen molar-refractivity contribution in [3.63, 3.8) is 0 Å². The van der Waals surface area contributed by atoms with Gasteiger partial charge in [-0.3, -0.25) is 4.57 Å². The average Bonchev–Trinajstić information content (AvgIpc) is 2.85. The largest absolute Gasteiger partial charge is 0.481 e. The van der Waals surface area contributed by atoms with Crippen molar-refractivity contribution in [1.82, 2.24) is 14.5 Å². The number of nitrogens with zero attached hydrogens (tertiary/aromatic N) is 3. The number of rotatable bonds is 3. The molecule has 3 rings (SSSR count). The van der Waals surface area contributed by atoms with Gasteiger partial charge in [-0.15, -0.1) is 11.6 Å². The summed E-state index contributed by atoms with van der Waals surface area (Å²) in [6, 6.07) is 11.8. The van der Waals surface area contributed by atoms with E-state index in [-0.39, 0.29) is 0 Å². The van der Waals surface area contributed by atoms with Crippen LogP contribution in [0.3, 0.4) is 0 Å². The molecule has 0 saturated carbocycles. The third kappa shape index (κ3) is 2.35. The second kappa shape index (κ2) is 5.57. The van der Waals surface area contributed by atoms with Gasteiger partial charge in [0, 0.05) is 15.3 Å². The van der Waals surface area contributed by atoms with Crippen molar-refractivity contribution in [3.05, 3.63) is 45.8 Å². The highest BCUT2D eigenvalue weighted by Gasteiger charge is 2.13. The van der Waals surface area contributed by atoms with Crippen molar-refractivity contribution in [1.29, 1.82) is 0 Å². The highest BCUT2D eigenvalue weighted by molar-refractivity contribution is 14.1. The van der Waals surface area contributed by atoms with E-state index in [1.807, 2.05) is 34.9 Å². The van der Waals surface area contributed by atoms with Crippen molar-refractivity contribution in [2.45, 2.75) is 5.88 Å². The summed E-state index contributed by atoms with van der Waals surface area (Å²) in [5.41, 5.74) is 2.55. The molecule has 0 unspecified atom stereocenters. The number of aromatic nitrogens is 3. The van der Waals surface area contributed by atoms with Gasteiger partial charge >= 0.3 is 0 Å². The minimum Gasteiger partial charge on any atom is -0.481 e. The zero-order valence-electron chi connectivity index (χ0n) is 10.7. The lowest BCUT2D eigenvalue weighted by atomic mass is 10.3. The van der Waals surface area contributed by atoms with Crippen molar-refractivity contribution in [2.24, 2.45) is 0 Å². The SMILES string of the molecule is COc1ccc2nc(CCl)n(-c3ccc(I)cc3)c2n1. The quantitative estimate of drug-likeness (QED) is 0.497. The number of imidazole rings is 1. The van der Waals surface area contributed by atoms with Crippen molar-refractivity contribution >= 4 is 45.4 Å². The number of alkyl halides is 1. The van der Waals surface area contributed by atoms with Gasteiger partial charge in [-0.05, 0) is 52.9 Å². The van der Waals surface area contributed by atoms with Crippen LogP contribution in [0.5, 0.6) is 5.88 Å². The minimum atomic E-state index is 0.324. The lowest BCUT2D eigenvalue weighted by molar-refractivity contribution is 0.399. The van der Waals surface area contributed by atoms with Crippen LogP contribution in [-0.2, 0) is 5.88 Å². The molecule has 0 fully saturated rings. The maximum Gasteiger partial charge on any atom is 0.215 e. The van der Waals surface area contributed by atoms with Gasteiger partial charge in [0.25, 0.3) is 0 Å². The summed E-state index contributed by atoms with van der Waals surface area (Å²) < 4.78 is 8.32. The molecule has 0 atom stereocenters. The summed E-state index contributed by atoms with van der Waals surface area (Å²) >= 11 is 8.29. The Bertz CT molecular complexity index is 755. The zero-order valence-corrected chi connectivity index (χ0v) is 13.6. The summed E-state index contributed by atoms with van der Waals surface area (Å²) in [6.07, 6.45) is 0. The third-order valence-electron chi connectivity index (χ3n) is 2.96. The Morgan fingerprint density at radius 1 is 1.15 bits per heavy atom. The maximum atomic E-state index is 6.01. The fourth-order valence-electron chi connectivity index (χ4n) is 2.05. The molecule has 0 aliphatic heterocycles. The van der Waals surface area contributed by atoms with Crippen LogP contribution in [0.4, 0.5) is 0 Å². The van der Waals surface area contributed by atoms with E-state index in [4.69, 9.17) is 16.3 Å². The zero-order chi connectivity index (χ0) is 14.1. The first kappa shape index (κ1) is 13.6. The lowest BCUT2D eigenvalue weighted by Gasteiger charge is -2.07. The summed E-state index contributed by atoms with van der Waals surface area (Å²) in [6.45, 7) is 0. The molecule has 0 amide bonds. The normalized spacial score (nSPS) is 10.9. The summed E-state index contributed by atoms with van der Waals surface area (Å²) in [5, 5.41) is 0. The van der Waals surface area contributed by atoms with Crippen LogP contribution in [0, 0.1) is 3.57 Å². The topological polar surface area (TPSA) is 39.9 Å². The predicted molar refractivity (Wildman–Crippen MR) is 87.7 cm³/mol. The first-order valence-electron chi connectivity index (χ1n) is 5.97. The second-order valence-corrected chi connectivity index (χ2v) is 5.68. The molecule has 0 spiro atoms. The molecule has 1 aromatic carbocycles. The smallest absolute Gasteiger partial charge is 0.215 e. The monoisotopic (exact) mass is 399 g/mol. The van der Waals surface area contributed by atoms with Gasteiger partial charge in [-0.25, -0.2) is 4.98 Å². The highest BCUT2D eigenvalue weighted by atomic mass is 127. The molecule has 0 aliphatic rings. The standard InChI is InChI=1S/C14H11ClIN3O/c1-20-13-7-6-11-14(18-13)19(12(8-15)17-11)10-4-2-9(16)3-5-10/h2-7H,8H2,1H3. The van der Waals surface area contributed by atoms with Crippen LogP contribution < -0.4 is 4.74 Å². The number of halogens is 2. The van der Waals surface area contributed by atoms with Crippen LogP contribution >= 0.6 is 34.2 Å². The van der Waals surface area contributed by atoms with Crippen LogP contribution in [0.25, 0.3) is 16.9 Å². The number of fused-ring (bicyclic) bond motifs is 1. The van der Waals surface area contributed by atoms with E-state index in [1.165, 1.54) is 3.57 Å². The molecule has 0 saturated heterocycles. The van der Waals surface area contributed by atoms with Gasteiger partial charge in [0.2, 0.25) is 5.88 Å². The number of hydrogen-bond acceptors (Lipinski definition) is 3. The van der Waals surface area contributed by atoms with Gasteiger partial charge in [0.05, 0.1) is 13.0 Å². The third-order valence-corrected chi connectivity index (χ3v) is 3.92. The molecule has 20 heavy (non-hydrogen) atoms. The maximum absolute atomic E-state index is 6.01. The Labute approximate surface area is 134 Å². The van der Waals surface area contributed by atoms with Crippen LogP contribution in [0.2, 0.25) is 0 Å². The van der Waals surface area contributed by atoms with E-state index in [0.717, 1.165) is 22.7 Å². The molecule has 0 aliphatic carbocycles. The van der Waals surface area contributed by atoms with E-state index in [9.17, 15) is 0 Å². The van der Waals surface area contributed by atoms with Crippen molar-refractivity contribution in [2.75, 3.05) is 7.11 Å². The minimum absolute atomic E-state index is 0.324. The molecule has 4 nitrogen and oxygen atoms in total. The molecule has 2 aromatic heterocycles. The fourth-order valence-corrected chi connectivity index (χ4v) is 2.59. The highest BCUT2D eigenvalue weighted by Crippen LogP contribution is 2.23. The van der Waals surface area contributed by atoms with E-state index in [1.54, 1.807) is 13.2 Å². The van der Waals surface area contributed by atoms with E-state index in [2.05, 4.69) is 32.6 Å². The predicted octanol–water partition coefficient (Wildman–Crippen LogP) is 3.77. The van der Waals surface area contributed by atoms with Gasteiger partial charge in [0.1, 0.15) is 11.3 Å². The van der Waals surface area contributed by atoms with Crippen LogP contribution in [-0.4, -0.2) is 21.6 Å². The Balaban J connectivity index is 2.28. The molecule has 0 radical (unpaired) electrons. The Hall–Kier alpha value is -1.34. The molecule has 3 aromatic rings. The van der Waals surface area contributed by atoms with Crippen molar-refractivity contribution in [3.8, 4) is 11.6 Å². The molecule has 0 bridgehead atoms. The lowest BCUT2D eigenvalue weighted by Crippen LogP contribution is -2.00. The van der Waals surface area contributed by atoms with Gasteiger partial charge in [0.15, 0.2) is 5.65 Å². The second-order valence-electron chi connectivity index (χ2n) is 4.17. The fraction of sp³-hybridized carbons (Fsp3) is 0.143. The number of ether oxygens (including phenoxy) is 1. The number of benzene rings is 1. The summed E-state index contributed by atoms with van der Waals surface area (Å²) in [5.74, 6) is 1.65. The van der Waals surface area contributed by atoms with Crippen LogP contribution in [0.15, 0.2) is 36.4 Å². The molecule has 2 heterocycles. The van der Waals surface area contributed by atoms with E-state index < -0.39 is 0 Å². The first-order valence-corrected chi connectivity index (χ1v) is 7.58. The number of methoxy groups -OCH3 is 1. The molecule has 0 N–H and O–H groups in total. The number of hydrogen-bond donors (Lipinski definition) is 0. The molecular formula is C14H11ClIN3O. The van der Waals surface area contributed by atoms with Gasteiger partial charge in [-0.2, -0.15) is 4.98 Å². The van der Waals surface area contributed by atoms with Gasteiger partial charge < -0.3 is 4.74 Å². The molecule has 102 valence electrons. The van der Waals surface area contributed by atoms with Crippen LogP contribution in [0.1, 0.15) is 5.82 Å². The molecule has 6 heteroatoms. The van der Waals surface area contributed by atoms with E-state index in [0.29, 0.717) is 11.8 Å². The summed E-state index contributed by atoms with van der Waals surface area (Å²) in [7, 11) is 1.60.